The van der Waals surface area contributed by atoms with Crippen molar-refractivity contribution in [2.75, 3.05) is 0 Å². The van der Waals surface area contributed by atoms with Gasteiger partial charge in [-0.05, 0) is 18.6 Å². The zero-order valence-electron chi connectivity index (χ0n) is 7.44. The molecule has 0 radical (unpaired) electrons. The second kappa shape index (κ2) is 4.50. The van der Waals surface area contributed by atoms with Gasteiger partial charge in [0.2, 0.25) is 0 Å². The molecule has 1 aromatic rings. The minimum absolute atomic E-state index is 0.0123. The molecule has 0 saturated carbocycles. The summed E-state index contributed by atoms with van der Waals surface area (Å²) in [4.78, 5) is 14.7. The molecule has 0 spiro atoms. The van der Waals surface area contributed by atoms with Gasteiger partial charge in [0.1, 0.15) is 6.10 Å². The third-order valence-electron chi connectivity index (χ3n) is 1.79. The molecule has 0 heterocycles. The Balaban J connectivity index is 3.13. The van der Waals surface area contributed by atoms with E-state index in [0.717, 1.165) is 0 Å². The molecule has 5 nitrogen and oxygen atoms in total. The lowest BCUT2D eigenvalue weighted by Crippen LogP contribution is -2.05. The highest BCUT2D eigenvalue weighted by atomic mass is 79.9. The smallest absolute Gasteiger partial charge is 0.270 e. The van der Waals surface area contributed by atoms with Gasteiger partial charge in [0.25, 0.3) is 5.69 Å². The summed E-state index contributed by atoms with van der Waals surface area (Å²) in [6.07, 6.45) is -0.369. The lowest BCUT2D eigenvalue weighted by molar-refractivity contribution is -0.385. The van der Waals surface area contributed by atoms with Gasteiger partial charge >= 0.3 is 0 Å². The van der Waals surface area contributed by atoms with Crippen LogP contribution in [-0.4, -0.2) is 4.92 Å². The molecule has 14 heavy (non-hydrogen) atoms. The molecule has 0 aliphatic rings. The first-order valence-electron chi connectivity index (χ1n) is 3.85. The predicted octanol–water partition coefficient (Wildman–Crippen LogP) is 2.31. The Morgan fingerprint density at radius 2 is 2.21 bits per heavy atom. The van der Waals surface area contributed by atoms with E-state index in [2.05, 4.69) is 20.8 Å². The molecule has 0 amide bonds. The van der Waals surface area contributed by atoms with Crippen LogP contribution >= 0.6 is 15.9 Å². The van der Waals surface area contributed by atoms with Crippen LogP contribution in [-0.2, 0) is 4.84 Å². The number of nitro benzene ring substituents is 1. The zero-order chi connectivity index (χ0) is 10.7. The molecule has 0 bridgehead atoms. The maximum atomic E-state index is 10.5. The third kappa shape index (κ3) is 2.50. The zero-order valence-corrected chi connectivity index (χ0v) is 9.02. The first-order valence-corrected chi connectivity index (χ1v) is 4.64. The number of non-ortho nitro benzene ring substituents is 1. The van der Waals surface area contributed by atoms with E-state index in [0.29, 0.717) is 10.0 Å². The van der Waals surface area contributed by atoms with Gasteiger partial charge in [-0.3, -0.25) is 15.0 Å². The Hall–Kier alpha value is -0.980. The summed E-state index contributed by atoms with van der Waals surface area (Å²) in [5, 5.41) is 10.5. The van der Waals surface area contributed by atoms with Crippen molar-refractivity contribution in [1.82, 2.24) is 0 Å². The fraction of sp³-hybridized carbons (Fsp3) is 0.250. The molecule has 0 aliphatic carbocycles. The molecule has 1 unspecified atom stereocenters. The highest BCUT2D eigenvalue weighted by molar-refractivity contribution is 9.10. The monoisotopic (exact) mass is 260 g/mol. The SMILES string of the molecule is CC(ON)c1cc(Br)cc([N+](=O)[O-])c1. The summed E-state index contributed by atoms with van der Waals surface area (Å²) in [6, 6.07) is 4.58. The van der Waals surface area contributed by atoms with E-state index in [4.69, 9.17) is 5.90 Å². The summed E-state index contributed by atoms with van der Waals surface area (Å²) in [6.45, 7) is 1.71. The van der Waals surface area contributed by atoms with Crippen LogP contribution in [0.4, 0.5) is 5.69 Å². The largest absolute Gasteiger partial charge is 0.297 e. The highest BCUT2D eigenvalue weighted by Gasteiger charge is 2.12. The molecule has 1 aromatic carbocycles. The second-order valence-corrected chi connectivity index (χ2v) is 3.69. The van der Waals surface area contributed by atoms with Crippen LogP contribution in [0.2, 0.25) is 0 Å². The Morgan fingerprint density at radius 3 is 2.71 bits per heavy atom. The van der Waals surface area contributed by atoms with Gasteiger partial charge < -0.3 is 0 Å². The molecule has 6 heteroatoms. The fourth-order valence-corrected chi connectivity index (χ4v) is 1.51. The number of hydrogen-bond acceptors (Lipinski definition) is 4. The summed E-state index contributed by atoms with van der Waals surface area (Å²) in [7, 11) is 0. The molecule has 0 fully saturated rings. The van der Waals surface area contributed by atoms with Gasteiger partial charge in [0.15, 0.2) is 0 Å². The van der Waals surface area contributed by atoms with Gasteiger partial charge in [-0.15, -0.1) is 0 Å². The van der Waals surface area contributed by atoms with Crippen molar-refractivity contribution in [2.24, 2.45) is 5.90 Å². The molecule has 76 valence electrons. The van der Waals surface area contributed by atoms with Crippen LogP contribution < -0.4 is 5.90 Å². The van der Waals surface area contributed by atoms with Crippen LogP contribution in [0, 0.1) is 10.1 Å². The predicted molar refractivity (Wildman–Crippen MR) is 54.5 cm³/mol. The van der Waals surface area contributed by atoms with E-state index in [9.17, 15) is 10.1 Å². The van der Waals surface area contributed by atoms with Crippen LogP contribution in [0.5, 0.6) is 0 Å². The van der Waals surface area contributed by atoms with Gasteiger partial charge in [-0.2, -0.15) is 0 Å². The minimum Gasteiger partial charge on any atom is -0.297 e. The van der Waals surface area contributed by atoms with E-state index in [-0.39, 0.29) is 11.8 Å². The molecule has 0 saturated heterocycles. The Bertz CT molecular complexity index is 356. The summed E-state index contributed by atoms with van der Waals surface area (Å²) >= 11 is 3.18. The summed E-state index contributed by atoms with van der Waals surface area (Å²) in [5.41, 5.74) is 0.673. The van der Waals surface area contributed by atoms with Crippen LogP contribution in [0.15, 0.2) is 22.7 Å². The van der Waals surface area contributed by atoms with E-state index >= 15 is 0 Å². The van der Waals surface area contributed by atoms with Crippen molar-refractivity contribution in [3.63, 3.8) is 0 Å². The Kier molecular flexibility index (Phi) is 3.56. The molecular formula is C8H9BrN2O3. The van der Waals surface area contributed by atoms with Crippen molar-refractivity contribution in [3.05, 3.63) is 38.3 Å². The number of halogens is 1. The molecule has 1 atom stereocenters. The van der Waals surface area contributed by atoms with Crippen LogP contribution in [0.1, 0.15) is 18.6 Å². The van der Waals surface area contributed by atoms with Crippen molar-refractivity contribution < 1.29 is 9.76 Å². The maximum Gasteiger partial charge on any atom is 0.270 e. The van der Waals surface area contributed by atoms with Gasteiger partial charge in [-0.1, -0.05) is 15.9 Å². The first-order chi connectivity index (χ1) is 6.54. The topological polar surface area (TPSA) is 78.4 Å². The van der Waals surface area contributed by atoms with E-state index in [1.807, 2.05) is 0 Å². The Morgan fingerprint density at radius 1 is 1.57 bits per heavy atom. The maximum absolute atomic E-state index is 10.5. The van der Waals surface area contributed by atoms with Gasteiger partial charge in [0, 0.05) is 16.6 Å². The normalized spacial score (nSPS) is 12.5. The van der Waals surface area contributed by atoms with Crippen molar-refractivity contribution in [2.45, 2.75) is 13.0 Å². The van der Waals surface area contributed by atoms with E-state index in [1.54, 1.807) is 13.0 Å². The number of benzene rings is 1. The van der Waals surface area contributed by atoms with Crippen molar-refractivity contribution in [1.29, 1.82) is 0 Å². The Labute approximate surface area is 89.1 Å². The number of nitro groups is 1. The second-order valence-electron chi connectivity index (χ2n) is 2.78. The summed E-state index contributed by atoms with van der Waals surface area (Å²) < 4.78 is 0.630. The van der Waals surface area contributed by atoms with Crippen molar-refractivity contribution >= 4 is 21.6 Å². The molecular weight excluding hydrogens is 252 g/mol. The van der Waals surface area contributed by atoms with E-state index < -0.39 is 4.92 Å². The first kappa shape index (κ1) is 11.1. The number of nitrogens with two attached hydrogens (primary N) is 1. The molecule has 1 rings (SSSR count). The fourth-order valence-electron chi connectivity index (χ4n) is 1.01. The number of hydrogen-bond donors (Lipinski definition) is 1. The quantitative estimate of drug-likeness (QED) is 0.668. The van der Waals surface area contributed by atoms with Crippen molar-refractivity contribution in [3.8, 4) is 0 Å². The molecule has 0 aliphatic heterocycles. The van der Waals surface area contributed by atoms with E-state index in [1.165, 1.54) is 12.1 Å². The lowest BCUT2D eigenvalue weighted by atomic mass is 10.1. The molecule has 0 aromatic heterocycles. The number of nitrogens with zero attached hydrogens (tertiary/aromatic N) is 1. The van der Waals surface area contributed by atoms with Crippen LogP contribution in [0.25, 0.3) is 0 Å². The minimum atomic E-state index is -0.461. The van der Waals surface area contributed by atoms with Crippen LogP contribution in [0.3, 0.4) is 0 Å². The number of rotatable bonds is 3. The summed E-state index contributed by atoms with van der Waals surface area (Å²) in [5.74, 6) is 5.00. The highest BCUT2D eigenvalue weighted by Crippen LogP contribution is 2.25. The molecule has 2 N–H and O–H groups in total. The standard InChI is InChI=1S/C8H9BrN2O3/c1-5(14-10)6-2-7(9)4-8(3-6)11(12)13/h2-5H,10H2,1H3. The van der Waals surface area contributed by atoms with Gasteiger partial charge in [0.05, 0.1) is 4.92 Å². The lowest BCUT2D eigenvalue weighted by Gasteiger charge is -2.08. The average Bonchev–Trinajstić information content (AvgIpc) is 2.15. The van der Waals surface area contributed by atoms with Gasteiger partial charge in [-0.25, -0.2) is 5.90 Å². The average molecular weight is 261 g/mol. The third-order valence-corrected chi connectivity index (χ3v) is 2.25.